The third-order valence-electron chi connectivity index (χ3n) is 4.76. The van der Waals surface area contributed by atoms with Gasteiger partial charge in [0.05, 0.1) is 5.69 Å². The fourth-order valence-electron chi connectivity index (χ4n) is 3.33. The minimum absolute atomic E-state index is 0.126. The quantitative estimate of drug-likeness (QED) is 0.668. The molecule has 1 amide bonds. The standard InChI is InChI=1S/C19H18F3N5O/c20-19(21,22)15-12-14(13-8-4-3-5-9-13)23-18-24-16(25-27(15)18)17(28)26-10-6-1-2-7-11-26/h3-5,8-9,12H,1-2,6-7,10-11H2. The van der Waals surface area contributed by atoms with Crippen molar-refractivity contribution in [1.82, 2.24) is 24.5 Å². The molecule has 0 N–H and O–H groups in total. The Balaban J connectivity index is 1.80. The van der Waals surface area contributed by atoms with Crippen molar-refractivity contribution in [2.24, 2.45) is 0 Å². The predicted octanol–water partition coefficient (Wildman–Crippen LogP) is 3.83. The van der Waals surface area contributed by atoms with Crippen molar-refractivity contribution in [2.75, 3.05) is 13.1 Å². The Kier molecular flexibility index (Phi) is 4.74. The first-order valence-corrected chi connectivity index (χ1v) is 9.13. The highest BCUT2D eigenvalue weighted by Gasteiger charge is 2.36. The van der Waals surface area contributed by atoms with Crippen LogP contribution in [0.1, 0.15) is 42.0 Å². The lowest BCUT2D eigenvalue weighted by Crippen LogP contribution is -2.32. The van der Waals surface area contributed by atoms with Gasteiger partial charge in [-0.25, -0.2) is 4.98 Å². The maximum absolute atomic E-state index is 13.6. The molecule has 0 unspecified atom stereocenters. The molecular formula is C19H18F3N5O. The number of rotatable bonds is 2. The second kappa shape index (κ2) is 7.21. The zero-order valence-electron chi connectivity index (χ0n) is 15.0. The monoisotopic (exact) mass is 389 g/mol. The first kappa shape index (κ1) is 18.4. The van der Waals surface area contributed by atoms with Gasteiger partial charge in [-0.1, -0.05) is 43.2 Å². The van der Waals surface area contributed by atoms with Gasteiger partial charge in [0.15, 0.2) is 5.69 Å². The van der Waals surface area contributed by atoms with Crippen molar-refractivity contribution in [2.45, 2.75) is 31.9 Å². The molecule has 28 heavy (non-hydrogen) atoms. The zero-order valence-corrected chi connectivity index (χ0v) is 15.0. The fourth-order valence-corrected chi connectivity index (χ4v) is 3.33. The van der Waals surface area contributed by atoms with Crippen molar-refractivity contribution in [3.05, 3.63) is 47.9 Å². The molecule has 1 aliphatic rings. The van der Waals surface area contributed by atoms with Crippen LogP contribution in [0, 0.1) is 0 Å². The number of carbonyl (C=O) groups is 1. The predicted molar refractivity (Wildman–Crippen MR) is 95.6 cm³/mol. The summed E-state index contributed by atoms with van der Waals surface area (Å²) in [6, 6.07) is 9.45. The van der Waals surface area contributed by atoms with Gasteiger partial charge in [-0.3, -0.25) is 4.79 Å². The van der Waals surface area contributed by atoms with Crippen molar-refractivity contribution in [1.29, 1.82) is 0 Å². The van der Waals surface area contributed by atoms with Crippen molar-refractivity contribution >= 4 is 11.7 Å². The van der Waals surface area contributed by atoms with Crippen LogP contribution in [-0.2, 0) is 6.18 Å². The number of aromatic nitrogens is 4. The lowest BCUT2D eigenvalue weighted by molar-refractivity contribution is -0.142. The Morgan fingerprint density at radius 2 is 1.64 bits per heavy atom. The summed E-state index contributed by atoms with van der Waals surface area (Å²) in [5.41, 5.74) is -0.362. The third-order valence-corrected chi connectivity index (χ3v) is 4.76. The van der Waals surface area contributed by atoms with Crippen LogP contribution >= 0.6 is 0 Å². The molecule has 2 aromatic heterocycles. The number of halogens is 3. The summed E-state index contributed by atoms with van der Waals surface area (Å²) in [4.78, 5) is 22.6. The number of benzene rings is 1. The molecule has 0 atom stereocenters. The fraction of sp³-hybridized carbons (Fsp3) is 0.368. The average Bonchev–Trinajstić information content (AvgIpc) is 2.92. The molecule has 0 radical (unpaired) electrons. The lowest BCUT2D eigenvalue weighted by Gasteiger charge is -2.17. The van der Waals surface area contributed by atoms with Gasteiger partial charge in [-0.05, 0) is 18.9 Å². The van der Waals surface area contributed by atoms with E-state index >= 15 is 0 Å². The van der Waals surface area contributed by atoms with Gasteiger partial charge in [-0.2, -0.15) is 22.7 Å². The molecule has 146 valence electrons. The topological polar surface area (TPSA) is 63.4 Å². The van der Waals surface area contributed by atoms with E-state index in [9.17, 15) is 18.0 Å². The van der Waals surface area contributed by atoms with Crippen molar-refractivity contribution in [3.63, 3.8) is 0 Å². The Morgan fingerprint density at radius 1 is 0.964 bits per heavy atom. The van der Waals surface area contributed by atoms with E-state index in [4.69, 9.17) is 0 Å². The van der Waals surface area contributed by atoms with Gasteiger partial charge >= 0.3 is 6.18 Å². The number of carbonyl (C=O) groups excluding carboxylic acids is 1. The molecule has 3 heterocycles. The van der Waals surface area contributed by atoms with E-state index in [1.165, 1.54) is 0 Å². The van der Waals surface area contributed by atoms with Gasteiger partial charge < -0.3 is 4.90 Å². The van der Waals surface area contributed by atoms with Crippen LogP contribution in [-0.4, -0.2) is 43.5 Å². The number of fused-ring (bicyclic) bond motifs is 1. The van der Waals surface area contributed by atoms with Crippen LogP contribution < -0.4 is 0 Å². The molecule has 1 aromatic carbocycles. The Morgan fingerprint density at radius 3 is 2.29 bits per heavy atom. The van der Waals surface area contributed by atoms with E-state index in [1.807, 2.05) is 0 Å². The molecule has 6 nitrogen and oxygen atoms in total. The summed E-state index contributed by atoms with van der Waals surface area (Å²) >= 11 is 0. The molecule has 4 rings (SSSR count). The zero-order chi connectivity index (χ0) is 19.7. The SMILES string of the molecule is O=C(c1nc2nc(-c3ccccc3)cc(C(F)(F)F)n2n1)N1CCCCCC1. The number of hydrogen-bond acceptors (Lipinski definition) is 4. The highest BCUT2D eigenvalue weighted by atomic mass is 19.4. The maximum Gasteiger partial charge on any atom is 0.433 e. The van der Waals surface area contributed by atoms with Crippen LogP contribution in [0.15, 0.2) is 36.4 Å². The summed E-state index contributed by atoms with van der Waals surface area (Å²) in [5, 5.41) is 3.85. The van der Waals surface area contributed by atoms with Crippen molar-refractivity contribution in [3.8, 4) is 11.3 Å². The minimum atomic E-state index is -4.67. The first-order valence-electron chi connectivity index (χ1n) is 9.13. The summed E-state index contributed by atoms with van der Waals surface area (Å²) < 4.78 is 41.5. The van der Waals surface area contributed by atoms with E-state index in [-0.39, 0.29) is 17.3 Å². The van der Waals surface area contributed by atoms with Crippen LogP contribution in [0.25, 0.3) is 17.0 Å². The molecule has 1 saturated heterocycles. The van der Waals surface area contributed by atoms with E-state index < -0.39 is 17.8 Å². The van der Waals surface area contributed by atoms with Crippen LogP contribution in [0.3, 0.4) is 0 Å². The molecule has 9 heteroatoms. The van der Waals surface area contributed by atoms with E-state index in [2.05, 4.69) is 15.1 Å². The maximum atomic E-state index is 13.6. The highest BCUT2D eigenvalue weighted by molar-refractivity contribution is 5.91. The van der Waals surface area contributed by atoms with Gasteiger partial charge in [0.2, 0.25) is 5.82 Å². The molecule has 0 spiro atoms. The second-order valence-electron chi connectivity index (χ2n) is 6.74. The van der Waals surface area contributed by atoms with Crippen LogP contribution in [0.2, 0.25) is 0 Å². The Bertz CT molecular complexity index is 992. The molecule has 0 bridgehead atoms. The summed E-state index contributed by atoms with van der Waals surface area (Å²) in [6.45, 7) is 1.12. The summed E-state index contributed by atoms with van der Waals surface area (Å²) in [7, 11) is 0. The van der Waals surface area contributed by atoms with Gasteiger partial charge in [0.25, 0.3) is 11.7 Å². The largest absolute Gasteiger partial charge is 0.433 e. The first-order chi connectivity index (χ1) is 13.4. The smallest absolute Gasteiger partial charge is 0.336 e. The second-order valence-corrected chi connectivity index (χ2v) is 6.74. The normalized spacial score (nSPS) is 15.6. The number of hydrogen-bond donors (Lipinski definition) is 0. The molecule has 1 fully saturated rings. The molecular weight excluding hydrogens is 371 g/mol. The Hall–Kier alpha value is -2.97. The lowest BCUT2D eigenvalue weighted by atomic mass is 10.1. The number of likely N-dealkylation sites (tertiary alicyclic amines) is 1. The third kappa shape index (κ3) is 3.56. The van der Waals surface area contributed by atoms with Gasteiger partial charge in [-0.15, -0.1) is 5.10 Å². The summed E-state index contributed by atoms with van der Waals surface area (Å²) in [5.74, 6) is -0.959. The van der Waals surface area contributed by atoms with Gasteiger partial charge in [0, 0.05) is 18.7 Å². The number of amides is 1. The highest BCUT2D eigenvalue weighted by Crippen LogP contribution is 2.31. The van der Waals surface area contributed by atoms with E-state index in [1.54, 1.807) is 35.2 Å². The molecule has 3 aromatic rings. The minimum Gasteiger partial charge on any atom is -0.336 e. The summed E-state index contributed by atoms with van der Waals surface area (Å²) in [6.07, 6.45) is -0.876. The van der Waals surface area contributed by atoms with Crippen molar-refractivity contribution < 1.29 is 18.0 Å². The average molecular weight is 389 g/mol. The number of alkyl halides is 3. The number of nitrogens with zero attached hydrogens (tertiary/aromatic N) is 5. The van der Waals surface area contributed by atoms with E-state index in [0.29, 0.717) is 23.2 Å². The van der Waals surface area contributed by atoms with E-state index in [0.717, 1.165) is 31.7 Å². The van der Waals surface area contributed by atoms with Crippen LogP contribution in [0.5, 0.6) is 0 Å². The molecule has 0 aliphatic carbocycles. The molecule has 0 saturated carbocycles. The van der Waals surface area contributed by atoms with Crippen LogP contribution in [0.4, 0.5) is 13.2 Å². The van der Waals surface area contributed by atoms with Gasteiger partial charge in [0.1, 0.15) is 0 Å². The Labute approximate surface area is 159 Å². The molecule has 1 aliphatic heterocycles.